The van der Waals surface area contributed by atoms with Gasteiger partial charge in [0.25, 0.3) is 0 Å². The number of fused-ring (bicyclic) bond motifs is 1. The standard InChI is InChI=1S/C22H28N2O4/c1-22(2,13-15-6-7-15)28-21(26)24-14-18-12-16(8-9-19(25)27-3)11-17-5-4-10-23-20(17)18/h4-5,10-12,15H,6-9,13-14H2,1-3H3,(H,24,26). The molecule has 0 radical (unpaired) electrons. The number of hydrogen-bond acceptors (Lipinski definition) is 5. The van der Waals surface area contributed by atoms with E-state index in [-0.39, 0.29) is 5.97 Å². The third kappa shape index (κ3) is 5.68. The summed E-state index contributed by atoms with van der Waals surface area (Å²) in [5.41, 5.74) is 2.27. The first-order valence-corrected chi connectivity index (χ1v) is 9.76. The Morgan fingerprint density at radius 2 is 2.07 bits per heavy atom. The fourth-order valence-electron chi connectivity index (χ4n) is 3.48. The Bertz CT molecular complexity index is 859. The van der Waals surface area contributed by atoms with E-state index in [1.165, 1.54) is 20.0 Å². The molecule has 28 heavy (non-hydrogen) atoms. The van der Waals surface area contributed by atoms with Crippen LogP contribution >= 0.6 is 0 Å². The number of hydrogen-bond donors (Lipinski definition) is 1. The van der Waals surface area contributed by atoms with Gasteiger partial charge in [0.2, 0.25) is 0 Å². The lowest BCUT2D eigenvalue weighted by molar-refractivity contribution is -0.140. The second-order valence-corrected chi connectivity index (χ2v) is 8.06. The van der Waals surface area contributed by atoms with E-state index in [1.807, 2.05) is 38.1 Å². The molecule has 1 aliphatic carbocycles. The van der Waals surface area contributed by atoms with E-state index in [0.29, 0.717) is 25.3 Å². The predicted molar refractivity (Wildman–Crippen MR) is 107 cm³/mol. The molecule has 1 aromatic carbocycles. The van der Waals surface area contributed by atoms with Crippen molar-refractivity contribution in [3.8, 4) is 0 Å². The number of aryl methyl sites for hydroxylation is 1. The number of esters is 1. The lowest BCUT2D eigenvalue weighted by Crippen LogP contribution is -2.34. The minimum absolute atomic E-state index is 0.243. The van der Waals surface area contributed by atoms with Crippen LogP contribution in [0, 0.1) is 5.92 Å². The number of carbonyl (C=O) groups is 2. The maximum Gasteiger partial charge on any atom is 0.407 e. The van der Waals surface area contributed by atoms with Crippen LogP contribution in [0.25, 0.3) is 10.9 Å². The van der Waals surface area contributed by atoms with E-state index in [9.17, 15) is 9.59 Å². The van der Waals surface area contributed by atoms with Gasteiger partial charge in [0.05, 0.1) is 12.6 Å². The molecule has 1 N–H and O–H groups in total. The van der Waals surface area contributed by atoms with Gasteiger partial charge in [-0.2, -0.15) is 0 Å². The fraction of sp³-hybridized carbons (Fsp3) is 0.500. The largest absolute Gasteiger partial charge is 0.469 e. The molecule has 1 saturated carbocycles. The summed E-state index contributed by atoms with van der Waals surface area (Å²) in [6, 6.07) is 7.85. The summed E-state index contributed by atoms with van der Waals surface area (Å²) in [5.74, 6) is 0.440. The summed E-state index contributed by atoms with van der Waals surface area (Å²) >= 11 is 0. The van der Waals surface area contributed by atoms with Gasteiger partial charge >= 0.3 is 12.1 Å². The van der Waals surface area contributed by atoms with Crippen LogP contribution < -0.4 is 5.32 Å². The second kappa shape index (κ2) is 8.59. The highest BCUT2D eigenvalue weighted by atomic mass is 16.6. The Hall–Kier alpha value is -2.63. The smallest absolute Gasteiger partial charge is 0.407 e. The van der Waals surface area contributed by atoms with Crippen molar-refractivity contribution in [3.63, 3.8) is 0 Å². The molecule has 0 bridgehead atoms. The first kappa shape index (κ1) is 20.1. The highest BCUT2D eigenvalue weighted by molar-refractivity contribution is 5.83. The van der Waals surface area contributed by atoms with Crippen molar-refractivity contribution in [1.29, 1.82) is 0 Å². The Morgan fingerprint density at radius 1 is 1.29 bits per heavy atom. The molecule has 0 aliphatic heterocycles. The van der Waals surface area contributed by atoms with Crippen LogP contribution in [0.4, 0.5) is 4.79 Å². The van der Waals surface area contributed by atoms with Crippen LogP contribution in [0.15, 0.2) is 30.5 Å². The molecular formula is C22H28N2O4. The number of nitrogens with one attached hydrogen (secondary N) is 1. The van der Waals surface area contributed by atoms with E-state index < -0.39 is 11.7 Å². The van der Waals surface area contributed by atoms with Crippen LogP contribution in [0.2, 0.25) is 0 Å². The molecule has 0 spiro atoms. The number of rotatable bonds is 8. The van der Waals surface area contributed by atoms with Crippen molar-refractivity contribution in [2.24, 2.45) is 5.92 Å². The number of methoxy groups -OCH3 is 1. The number of amides is 1. The molecule has 1 fully saturated rings. The number of nitrogens with zero attached hydrogens (tertiary/aromatic N) is 1. The molecule has 1 amide bonds. The highest BCUT2D eigenvalue weighted by Gasteiger charge is 2.32. The van der Waals surface area contributed by atoms with Crippen LogP contribution in [-0.4, -0.2) is 29.8 Å². The summed E-state index contributed by atoms with van der Waals surface area (Å²) in [5, 5.41) is 3.83. The molecule has 1 aliphatic rings. The number of pyridine rings is 1. The van der Waals surface area contributed by atoms with Crippen molar-refractivity contribution in [3.05, 3.63) is 41.6 Å². The lowest BCUT2D eigenvalue weighted by Gasteiger charge is -2.25. The zero-order valence-electron chi connectivity index (χ0n) is 16.8. The van der Waals surface area contributed by atoms with Crippen LogP contribution in [0.1, 0.15) is 50.7 Å². The summed E-state index contributed by atoms with van der Waals surface area (Å²) in [4.78, 5) is 28.2. The maximum atomic E-state index is 12.3. The lowest BCUT2D eigenvalue weighted by atomic mass is 10.0. The molecule has 0 atom stereocenters. The zero-order chi connectivity index (χ0) is 20.1. The monoisotopic (exact) mass is 384 g/mol. The molecule has 6 nitrogen and oxygen atoms in total. The number of benzene rings is 1. The quantitative estimate of drug-likeness (QED) is 0.692. The minimum Gasteiger partial charge on any atom is -0.469 e. The average molecular weight is 384 g/mol. The van der Waals surface area contributed by atoms with Gasteiger partial charge in [0.1, 0.15) is 5.60 Å². The summed E-state index contributed by atoms with van der Waals surface area (Å²) in [6.07, 6.45) is 5.55. The van der Waals surface area contributed by atoms with E-state index in [1.54, 1.807) is 6.20 Å². The van der Waals surface area contributed by atoms with Gasteiger partial charge in [-0.3, -0.25) is 9.78 Å². The Kier molecular flexibility index (Phi) is 6.17. The van der Waals surface area contributed by atoms with E-state index >= 15 is 0 Å². The van der Waals surface area contributed by atoms with E-state index in [0.717, 1.165) is 28.5 Å². The van der Waals surface area contributed by atoms with Gasteiger partial charge < -0.3 is 14.8 Å². The average Bonchev–Trinajstić information content (AvgIpc) is 3.46. The molecule has 150 valence electrons. The Balaban J connectivity index is 1.68. The molecular weight excluding hydrogens is 356 g/mol. The SMILES string of the molecule is COC(=O)CCc1cc(CNC(=O)OC(C)(C)CC2CC2)c2ncccc2c1. The van der Waals surface area contributed by atoms with Crippen molar-refractivity contribution in [2.75, 3.05) is 7.11 Å². The van der Waals surface area contributed by atoms with Crippen molar-refractivity contribution in [2.45, 2.75) is 58.1 Å². The molecule has 6 heteroatoms. The summed E-state index contributed by atoms with van der Waals surface area (Å²) < 4.78 is 10.3. The van der Waals surface area contributed by atoms with Gasteiger partial charge in [-0.15, -0.1) is 0 Å². The molecule has 3 rings (SSSR count). The molecule has 0 saturated heterocycles. The zero-order valence-corrected chi connectivity index (χ0v) is 16.8. The van der Waals surface area contributed by atoms with Crippen LogP contribution in [0.3, 0.4) is 0 Å². The van der Waals surface area contributed by atoms with Crippen molar-refractivity contribution < 1.29 is 19.1 Å². The van der Waals surface area contributed by atoms with Crippen LogP contribution in [-0.2, 0) is 27.2 Å². The first-order chi connectivity index (χ1) is 13.4. The van der Waals surface area contributed by atoms with Gasteiger partial charge in [-0.25, -0.2) is 4.79 Å². The Morgan fingerprint density at radius 3 is 2.79 bits per heavy atom. The number of ether oxygens (including phenoxy) is 2. The van der Waals surface area contributed by atoms with E-state index in [4.69, 9.17) is 9.47 Å². The Labute approximate surface area is 165 Å². The number of carbonyl (C=O) groups excluding carboxylic acids is 2. The second-order valence-electron chi connectivity index (χ2n) is 8.06. The fourth-order valence-corrected chi connectivity index (χ4v) is 3.48. The third-order valence-corrected chi connectivity index (χ3v) is 4.96. The first-order valence-electron chi connectivity index (χ1n) is 9.76. The van der Waals surface area contributed by atoms with Crippen LogP contribution in [0.5, 0.6) is 0 Å². The highest BCUT2D eigenvalue weighted by Crippen LogP contribution is 2.37. The third-order valence-electron chi connectivity index (χ3n) is 4.96. The topological polar surface area (TPSA) is 77.5 Å². The van der Waals surface area contributed by atoms with Gasteiger partial charge in [-0.1, -0.05) is 25.0 Å². The predicted octanol–water partition coefficient (Wildman–Crippen LogP) is 4.15. The van der Waals surface area contributed by atoms with Crippen molar-refractivity contribution in [1.82, 2.24) is 10.3 Å². The molecule has 1 heterocycles. The molecule has 2 aromatic rings. The van der Waals surface area contributed by atoms with Crippen molar-refractivity contribution >= 4 is 23.0 Å². The number of aromatic nitrogens is 1. The molecule has 1 aromatic heterocycles. The van der Waals surface area contributed by atoms with Gasteiger partial charge in [0.15, 0.2) is 0 Å². The summed E-state index contributed by atoms with van der Waals surface area (Å²) in [7, 11) is 1.39. The van der Waals surface area contributed by atoms with Gasteiger partial charge in [-0.05, 0) is 55.9 Å². The maximum absolute atomic E-state index is 12.3. The summed E-state index contributed by atoms with van der Waals surface area (Å²) in [6.45, 7) is 4.22. The van der Waals surface area contributed by atoms with Gasteiger partial charge in [0, 0.05) is 24.5 Å². The van der Waals surface area contributed by atoms with E-state index in [2.05, 4.69) is 10.3 Å². The number of alkyl carbamates (subject to hydrolysis) is 1. The minimum atomic E-state index is -0.464. The molecule has 0 unspecified atom stereocenters. The normalized spacial score (nSPS) is 14.0.